The first kappa shape index (κ1) is 11.9. The van der Waals surface area contributed by atoms with Gasteiger partial charge in [-0.1, -0.05) is 12.2 Å². The van der Waals surface area contributed by atoms with Crippen LogP contribution in [0.25, 0.3) is 0 Å². The third kappa shape index (κ3) is 4.24. The van der Waals surface area contributed by atoms with E-state index >= 15 is 0 Å². The number of nitrogens with zero attached hydrogens (tertiary/aromatic N) is 1. The Morgan fingerprint density at radius 1 is 1.47 bits per heavy atom. The topological polar surface area (TPSA) is 38.9 Å². The molecule has 0 saturated heterocycles. The molecule has 1 heterocycles. The molecule has 0 aliphatic carbocycles. The van der Waals surface area contributed by atoms with Crippen molar-refractivity contribution in [3.05, 3.63) is 29.6 Å². The van der Waals surface area contributed by atoms with Crippen LogP contribution in [0, 0.1) is 0 Å². The first-order valence-electron chi connectivity index (χ1n) is 4.20. The van der Waals surface area contributed by atoms with E-state index in [0.29, 0.717) is 11.3 Å². The molecule has 0 saturated carbocycles. The van der Waals surface area contributed by atoms with E-state index in [2.05, 4.69) is 4.98 Å². The van der Waals surface area contributed by atoms with Crippen LogP contribution in [-0.2, 0) is 6.42 Å². The Morgan fingerprint density at radius 2 is 2.13 bits per heavy atom. The van der Waals surface area contributed by atoms with Gasteiger partial charge in [0.1, 0.15) is 4.99 Å². The minimum atomic E-state index is -4.17. The Hall–Kier alpha value is -1.17. The van der Waals surface area contributed by atoms with Crippen LogP contribution < -0.4 is 5.73 Å². The van der Waals surface area contributed by atoms with E-state index in [1.807, 2.05) is 0 Å². The summed E-state index contributed by atoms with van der Waals surface area (Å²) in [5, 5.41) is 0. The monoisotopic (exact) mass is 234 g/mol. The molecule has 6 heteroatoms. The zero-order valence-electron chi connectivity index (χ0n) is 7.71. The Morgan fingerprint density at radius 3 is 2.67 bits per heavy atom. The third-order valence-electron chi connectivity index (χ3n) is 1.77. The second-order valence-electron chi connectivity index (χ2n) is 3.02. The zero-order chi connectivity index (χ0) is 11.5. The van der Waals surface area contributed by atoms with Gasteiger partial charge in [0.05, 0.1) is 0 Å². The van der Waals surface area contributed by atoms with Crippen LogP contribution in [0.15, 0.2) is 18.3 Å². The molecule has 15 heavy (non-hydrogen) atoms. The molecule has 0 fully saturated rings. The van der Waals surface area contributed by atoms with Crippen LogP contribution in [0.5, 0.6) is 0 Å². The van der Waals surface area contributed by atoms with E-state index in [0.717, 1.165) is 0 Å². The largest absolute Gasteiger partial charge is 0.389 e. The summed E-state index contributed by atoms with van der Waals surface area (Å²) in [6.45, 7) is 0. The summed E-state index contributed by atoms with van der Waals surface area (Å²) in [6.07, 6.45) is -3.80. The van der Waals surface area contributed by atoms with E-state index < -0.39 is 12.6 Å². The van der Waals surface area contributed by atoms with Gasteiger partial charge in [-0.05, 0) is 18.6 Å². The van der Waals surface area contributed by atoms with Gasteiger partial charge in [0.2, 0.25) is 0 Å². The summed E-state index contributed by atoms with van der Waals surface area (Å²) >= 11 is 4.71. The van der Waals surface area contributed by atoms with Gasteiger partial charge in [0.25, 0.3) is 0 Å². The lowest BCUT2D eigenvalue weighted by Crippen LogP contribution is -2.12. The Kier molecular flexibility index (Phi) is 3.62. The quantitative estimate of drug-likeness (QED) is 0.815. The lowest BCUT2D eigenvalue weighted by atomic mass is 10.1. The fraction of sp³-hybridized carbons (Fsp3) is 0.333. The fourth-order valence-electron chi connectivity index (χ4n) is 1.04. The van der Waals surface area contributed by atoms with Crippen molar-refractivity contribution in [2.45, 2.75) is 19.0 Å². The standard InChI is InChI=1S/C9H9F3N2S/c10-9(11,12)3-1-7-5-6(8(13)15)2-4-14-7/h2,4-5H,1,3H2,(H2,13,15). The highest BCUT2D eigenvalue weighted by molar-refractivity contribution is 7.80. The number of alkyl halides is 3. The van der Waals surface area contributed by atoms with E-state index in [-0.39, 0.29) is 11.4 Å². The average Bonchev–Trinajstić information content (AvgIpc) is 2.14. The van der Waals surface area contributed by atoms with Gasteiger partial charge in [-0.2, -0.15) is 13.2 Å². The number of aromatic nitrogens is 1. The molecule has 2 N–H and O–H groups in total. The van der Waals surface area contributed by atoms with Crippen LogP contribution in [0.1, 0.15) is 17.7 Å². The smallest absolute Gasteiger partial charge is 0.389 e. The molecule has 2 nitrogen and oxygen atoms in total. The summed E-state index contributed by atoms with van der Waals surface area (Å²) in [5.74, 6) is 0. The number of hydrogen-bond donors (Lipinski definition) is 1. The molecule has 0 radical (unpaired) electrons. The summed E-state index contributed by atoms with van der Waals surface area (Å²) in [5.41, 5.74) is 6.23. The molecular weight excluding hydrogens is 225 g/mol. The first-order valence-corrected chi connectivity index (χ1v) is 4.61. The van der Waals surface area contributed by atoms with Gasteiger partial charge in [0.15, 0.2) is 0 Å². The highest BCUT2D eigenvalue weighted by atomic mass is 32.1. The third-order valence-corrected chi connectivity index (χ3v) is 2.00. The molecule has 0 aromatic carbocycles. The first-order chi connectivity index (χ1) is 6.88. The molecule has 0 aliphatic rings. The molecule has 0 spiro atoms. The van der Waals surface area contributed by atoms with Crippen molar-refractivity contribution >= 4 is 17.2 Å². The Labute approximate surface area is 90.3 Å². The number of hydrogen-bond acceptors (Lipinski definition) is 2. The predicted octanol–water partition coefficient (Wildman–Crippen LogP) is 2.21. The second kappa shape index (κ2) is 4.57. The van der Waals surface area contributed by atoms with Crippen molar-refractivity contribution in [2.75, 3.05) is 0 Å². The molecule has 0 amide bonds. The summed E-state index contributed by atoms with van der Waals surface area (Å²) in [6, 6.07) is 3.05. The maximum atomic E-state index is 11.9. The van der Waals surface area contributed by atoms with Crippen molar-refractivity contribution in [2.24, 2.45) is 5.73 Å². The minimum Gasteiger partial charge on any atom is -0.389 e. The van der Waals surface area contributed by atoms with E-state index in [1.165, 1.54) is 12.3 Å². The predicted molar refractivity (Wildman–Crippen MR) is 54.5 cm³/mol. The van der Waals surface area contributed by atoms with Crippen LogP contribution in [0.2, 0.25) is 0 Å². The van der Waals surface area contributed by atoms with Gasteiger partial charge < -0.3 is 5.73 Å². The maximum Gasteiger partial charge on any atom is 0.389 e. The SMILES string of the molecule is NC(=S)c1ccnc(CCC(F)(F)F)c1. The van der Waals surface area contributed by atoms with E-state index in [1.54, 1.807) is 6.07 Å². The highest BCUT2D eigenvalue weighted by Gasteiger charge is 2.26. The summed E-state index contributed by atoms with van der Waals surface area (Å²) in [4.78, 5) is 3.97. The minimum absolute atomic E-state index is 0.153. The van der Waals surface area contributed by atoms with Crippen LogP contribution >= 0.6 is 12.2 Å². The Balaban J connectivity index is 2.70. The molecule has 1 aromatic rings. The molecular formula is C9H9F3N2S. The summed E-state index contributed by atoms with van der Waals surface area (Å²) < 4.78 is 35.8. The molecule has 0 aliphatic heterocycles. The van der Waals surface area contributed by atoms with E-state index in [4.69, 9.17) is 18.0 Å². The van der Waals surface area contributed by atoms with Crippen LogP contribution in [-0.4, -0.2) is 16.1 Å². The highest BCUT2D eigenvalue weighted by Crippen LogP contribution is 2.21. The van der Waals surface area contributed by atoms with E-state index in [9.17, 15) is 13.2 Å². The van der Waals surface area contributed by atoms with Crippen LogP contribution in [0.3, 0.4) is 0 Å². The number of nitrogens with two attached hydrogens (primary N) is 1. The van der Waals surface area contributed by atoms with Crippen LogP contribution in [0.4, 0.5) is 13.2 Å². The van der Waals surface area contributed by atoms with Crippen molar-refractivity contribution in [1.29, 1.82) is 0 Å². The lowest BCUT2D eigenvalue weighted by molar-refractivity contribution is -0.134. The van der Waals surface area contributed by atoms with Crippen molar-refractivity contribution in [1.82, 2.24) is 4.98 Å². The number of aryl methyl sites for hydroxylation is 1. The number of rotatable bonds is 3. The van der Waals surface area contributed by atoms with Gasteiger partial charge in [0, 0.05) is 23.9 Å². The molecule has 0 bridgehead atoms. The average molecular weight is 234 g/mol. The van der Waals surface area contributed by atoms with Crippen molar-refractivity contribution in [3.8, 4) is 0 Å². The van der Waals surface area contributed by atoms with Gasteiger partial charge >= 0.3 is 6.18 Å². The zero-order valence-corrected chi connectivity index (χ0v) is 8.53. The molecule has 0 atom stereocenters. The van der Waals surface area contributed by atoms with Crippen molar-refractivity contribution in [3.63, 3.8) is 0 Å². The fourth-order valence-corrected chi connectivity index (χ4v) is 1.16. The van der Waals surface area contributed by atoms with Gasteiger partial charge in [-0.25, -0.2) is 0 Å². The van der Waals surface area contributed by atoms with Gasteiger partial charge in [-0.15, -0.1) is 0 Å². The normalized spacial score (nSPS) is 11.4. The van der Waals surface area contributed by atoms with Gasteiger partial charge in [-0.3, -0.25) is 4.98 Å². The maximum absolute atomic E-state index is 11.9. The molecule has 0 unspecified atom stereocenters. The number of halogens is 3. The number of thiocarbonyl (C=S) groups is 1. The molecule has 82 valence electrons. The summed E-state index contributed by atoms with van der Waals surface area (Å²) in [7, 11) is 0. The second-order valence-corrected chi connectivity index (χ2v) is 3.46. The molecule has 1 rings (SSSR count). The lowest BCUT2D eigenvalue weighted by Gasteiger charge is -2.06. The molecule has 1 aromatic heterocycles. The van der Waals surface area contributed by atoms with Crippen molar-refractivity contribution < 1.29 is 13.2 Å². The Bertz CT molecular complexity index is 363. The number of pyridine rings is 1.